The minimum absolute atomic E-state index is 0.0160. The molecule has 3 rings (SSSR count). The lowest BCUT2D eigenvalue weighted by atomic mass is 9.95. The van der Waals surface area contributed by atoms with Crippen LogP contribution in [0.5, 0.6) is 11.5 Å². The average molecular weight is 354 g/mol. The number of pyridine rings is 1. The van der Waals surface area contributed by atoms with E-state index in [1.807, 2.05) is 0 Å². The molecule has 0 radical (unpaired) electrons. The minimum atomic E-state index is -0.829. The van der Waals surface area contributed by atoms with Crippen molar-refractivity contribution in [2.24, 2.45) is 0 Å². The van der Waals surface area contributed by atoms with Gasteiger partial charge in [0.15, 0.2) is 11.5 Å². The molecule has 0 saturated carbocycles. The maximum atomic E-state index is 12.7. The van der Waals surface area contributed by atoms with Crippen LogP contribution in [0, 0.1) is 0 Å². The average Bonchev–Trinajstić information content (AvgIpc) is 2.93. The Hall–Kier alpha value is -3.35. The second-order valence-corrected chi connectivity index (χ2v) is 5.72. The smallest absolute Gasteiger partial charge is 0.294 e. The lowest BCUT2D eigenvalue weighted by molar-refractivity contribution is -0.117. The zero-order valence-corrected chi connectivity index (χ0v) is 14.6. The molecule has 1 unspecified atom stereocenters. The number of carbonyl (C=O) groups is 2. The number of aliphatic hydroxyl groups excluding tert-OH is 1. The largest absolute Gasteiger partial charge is 0.503 e. The molecule has 0 fully saturated rings. The summed E-state index contributed by atoms with van der Waals surface area (Å²) in [5.74, 6) is -0.620. The van der Waals surface area contributed by atoms with Gasteiger partial charge in [0.25, 0.3) is 5.91 Å². The van der Waals surface area contributed by atoms with Crippen molar-refractivity contribution in [3.05, 3.63) is 59.6 Å². The highest BCUT2D eigenvalue weighted by Gasteiger charge is 2.44. The zero-order chi connectivity index (χ0) is 18.8. The fraction of sp³-hybridized carbons (Fsp3) is 0.211. The molecule has 1 aromatic carbocycles. The first-order valence-electron chi connectivity index (χ1n) is 7.89. The van der Waals surface area contributed by atoms with Crippen molar-refractivity contribution in [2.45, 2.75) is 13.0 Å². The van der Waals surface area contributed by atoms with Gasteiger partial charge in [-0.05, 0) is 31.2 Å². The number of ether oxygens (including phenoxy) is 2. The van der Waals surface area contributed by atoms with Crippen molar-refractivity contribution < 1.29 is 24.2 Å². The van der Waals surface area contributed by atoms with Crippen molar-refractivity contribution in [3.63, 3.8) is 0 Å². The van der Waals surface area contributed by atoms with E-state index in [-0.39, 0.29) is 5.57 Å². The van der Waals surface area contributed by atoms with Crippen LogP contribution < -0.4 is 14.4 Å². The number of methoxy groups -OCH3 is 2. The molecule has 0 spiro atoms. The topological polar surface area (TPSA) is 89.0 Å². The fourth-order valence-corrected chi connectivity index (χ4v) is 3.07. The predicted molar refractivity (Wildman–Crippen MR) is 94.3 cm³/mol. The molecule has 7 heteroatoms. The Morgan fingerprint density at radius 3 is 2.58 bits per heavy atom. The number of hydrogen-bond donors (Lipinski definition) is 1. The SMILES string of the molecule is COc1ccc(C2C(C(C)=O)=C(O)C(=O)N2c2cccnc2)c(OC)c1. The number of aromatic nitrogens is 1. The van der Waals surface area contributed by atoms with E-state index in [1.54, 1.807) is 36.5 Å². The van der Waals surface area contributed by atoms with Crippen LogP contribution in [-0.2, 0) is 9.59 Å². The summed E-state index contributed by atoms with van der Waals surface area (Å²) < 4.78 is 10.6. The van der Waals surface area contributed by atoms with Gasteiger partial charge in [0.1, 0.15) is 11.5 Å². The van der Waals surface area contributed by atoms with Crippen LogP contribution in [0.3, 0.4) is 0 Å². The molecule has 7 nitrogen and oxygen atoms in total. The van der Waals surface area contributed by atoms with Crippen LogP contribution in [0.2, 0.25) is 0 Å². The van der Waals surface area contributed by atoms with E-state index < -0.39 is 23.5 Å². The standard InChI is InChI=1S/C19H18N2O5/c1-11(22)16-17(14-7-6-13(25-2)9-15(14)26-3)21(19(24)18(16)23)12-5-4-8-20-10-12/h4-10,17,23H,1-3H3. The van der Waals surface area contributed by atoms with Crippen LogP contribution in [0.15, 0.2) is 54.1 Å². The van der Waals surface area contributed by atoms with Crippen LogP contribution in [0.1, 0.15) is 18.5 Å². The highest BCUT2D eigenvalue weighted by molar-refractivity contribution is 6.16. The predicted octanol–water partition coefficient (Wildman–Crippen LogP) is 2.59. The van der Waals surface area contributed by atoms with Crippen molar-refractivity contribution in [2.75, 3.05) is 19.1 Å². The molecule has 1 amide bonds. The normalized spacial score (nSPS) is 16.8. The molecular weight excluding hydrogens is 336 g/mol. The number of Topliss-reactive ketones (excluding diaryl/α,β-unsaturated/α-hetero) is 1. The van der Waals surface area contributed by atoms with Crippen molar-refractivity contribution >= 4 is 17.4 Å². The highest BCUT2D eigenvalue weighted by atomic mass is 16.5. The highest BCUT2D eigenvalue weighted by Crippen LogP contribution is 2.44. The summed E-state index contributed by atoms with van der Waals surface area (Å²) in [5, 5.41) is 10.3. The van der Waals surface area contributed by atoms with Crippen LogP contribution in [0.25, 0.3) is 0 Å². The number of anilines is 1. The summed E-state index contributed by atoms with van der Waals surface area (Å²) >= 11 is 0. The van der Waals surface area contributed by atoms with Crippen molar-refractivity contribution in [3.8, 4) is 11.5 Å². The van der Waals surface area contributed by atoms with Gasteiger partial charge in [-0.2, -0.15) is 0 Å². The minimum Gasteiger partial charge on any atom is -0.503 e. The third-order valence-electron chi connectivity index (χ3n) is 4.25. The second-order valence-electron chi connectivity index (χ2n) is 5.72. The van der Waals surface area contributed by atoms with Gasteiger partial charge in [-0.3, -0.25) is 19.5 Å². The number of amides is 1. The Morgan fingerprint density at radius 1 is 1.23 bits per heavy atom. The first-order valence-corrected chi connectivity index (χ1v) is 7.89. The van der Waals surface area contributed by atoms with E-state index in [4.69, 9.17) is 9.47 Å². The second kappa shape index (κ2) is 6.87. The number of carbonyl (C=O) groups excluding carboxylic acids is 2. The van der Waals surface area contributed by atoms with Crippen LogP contribution >= 0.6 is 0 Å². The quantitative estimate of drug-likeness (QED) is 0.888. The van der Waals surface area contributed by atoms with Gasteiger partial charge in [0.05, 0.1) is 37.7 Å². The number of hydrogen-bond acceptors (Lipinski definition) is 6. The molecule has 0 aliphatic carbocycles. The molecule has 134 valence electrons. The summed E-state index contributed by atoms with van der Waals surface area (Å²) in [6, 6.07) is 7.61. The van der Waals surface area contributed by atoms with E-state index in [0.717, 1.165) is 0 Å². The third-order valence-corrected chi connectivity index (χ3v) is 4.25. The monoisotopic (exact) mass is 354 g/mol. The van der Waals surface area contributed by atoms with Gasteiger partial charge >= 0.3 is 0 Å². The fourth-order valence-electron chi connectivity index (χ4n) is 3.07. The van der Waals surface area contributed by atoms with Gasteiger partial charge < -0.3 is 14.6 Å². The number of aliphatic hydroxyl groups is 1. The first kappa shape index (κ1) is 17.5. The summed E-state index contributed by atoms with van der Waals surface area (Å²) in [6.07, 6.45) is 3.07. The summed E-state index contributed by atoms with van der Waals surface area (Å²) in [7, 11) is 3.02. The summed E-state index contributed by atoms with van der Waals surface area (Å²) in [5.41, 5.74) is 1.03. The maximum absolute atomic E-state index is 12.7. The third kappa shape index (κ3) is 2.77. The summed E-state index contributed by atoms with van der Waals surface area (Å²) in [4.78, 5) is 30.3. The van der Waals surface area contributed by atoms with E-state index in [9.17, 15) is 14.7 Å². The van der Waals surface area contributed by atoms with E-state index in [2.05, 4.69) is 4.98 Å². The molecule has 1 aliphatic heterocycles. The first-order chi connectivity index (χ1) is 12.5. The maximum Gasteiger partial charge on any atom is 0.294 e. The molecule has 0 saturated heterocycles. The molecule has 26 heavy (non-hydrogen) atoms. The van der Waals surface area contributed by atoms with Gasteiger partial charge in [0, 0.05) is 17.8 Å². The molecule has 1 aromatic heterocycles. The number of nitrogens with zero attached hydrogens (tertiary/aromatic N) is 2. The summed E-state index contributed by atoms with van der Waals surface area (Å²) in [6.45, 7) is 1.31. The lowest BCUT2D eigenvalue weighted by Crippen LogP contribution is -2.31. The van der Waals surface area contributed by atoms with Gasteiger partial charge in [-0.1, -0.05) is 0 Å². The molecule has 1 atom stereocenters. The Kier molecular flexibility index (Phi) is 4.62. The Balaban J connectivity index is 2.22. The molecule has 1 N–H and O–H groups in total. The number of benzene rings is 1. The Bertz CT molecular complexity index is 892. The molecule has 2 aromatic rings. The molecular formula is C19H18N2O5. The van der Waals surface area contributed by atoms with E-state index >= 15 is 0 Å². The number of rotatable bonds is 5. The van der Waals surface area contributed by atoms with Gasteiger partial charge in [0.2, 0.25) is 0 Å². The number of ketones is 1. The van der Waals surface area contributed by atoms with Crippen molar-refractivity contribution in [1.82, 2.24) is 4.98 Å². The lowest BCUT2D eigenvalue weighted by Gasteiger charge is -2.27. The molecule has 2 heterocycles. The van der Waals surface area contributed by atoms with E-state index in [0.29, 0.717) is 22.7 Å². The van der Waals surface area contributed by atoms with Gasteiger partial charge in [-0.15, -0.1) is 0 Å². The Morgan fingerprint density at radius 2 is 2.00 bits per heavy atom. The Labute approximate surface area is 150 Å². The zero-order valence-electron chi connectivity index (χ0n) is 14.6. The van der Waals surface area contributed by atoms with Crippen molar-refractivity contribution in [1.29, 1.82) is 0 Å². The van der Waals surface area contributed by atoms with Gasteiger partial charge in [-0.25, -0.2) is 0 Å². The van der Waals surface area contributed by atoms with Crippen LogP contribution in [0.4, 0.5) is 5.69 Å². The molecule has 0 bridgehead atoms. The van der Waals surface area contributed by atoms with Crippen LogP contribution in [-0.4, -0.2) is 36.0 Å². The molecule has 1 aliphatic rings. The van der Waals surface area contributed by atoms with E-state index in [1.165, 1.54) is 32.2 Å².